The zero-order valence-corrected chi connectivity index (χ0v) is 17.7. The summed E-state index contributed by atoms with van der Waals surface area (Å²) in [6, 6.07) is 0. The van der Waals surface area contributed by atoms with Crippen molar-refractivity contribution in [3.63, 3.8) is 0 Å². The van der Waals surface area contributed by atoms with E-state index in [0.717, 1.165) is 0 Å². The molecular formula is C16H14Br2Cl2F2O2. The standard InChI is InChI=1S/C16H14Br2Cl2F2O2/c1-6-13(21)11(17)7(12(18)14(6)22)5-24-15(23)10-8(4-9(19)20)16(10,2)3/h4,8,10H,5H2,1-3H3/t8-,10+/m1/s1. The first-order chi connectivity index (χ1) is 11.0. The molecule has 0 amide bonds. The van der Waals surface area contributed by atoms with E-state index in [1.54, 1.807) is 6.08 Å². The van der Waals surface area contributed by atoms with Crippen molar-refractivity contribution >= 4 is 61.0 Å². The fourth-order valence-electron chi connectivity index (χ4n) is 2.72. The van der Waals surface area contributed by atoms with Gasteiger partial charge in [0.05, 0.1) is 14.9 Å². The van der Waals surface area contributed by atoms with E-state index in [0.29, 0.717) is 0 Å². The van der Waals surface area contributed by atoms with Crippen LogP contribution in [0, 0.1) is 35.8 Å². The first-order valence-electron chi connectivity index (χ1n) is 7.01. The molecule has 0 N–H and O–H groups in total. The minimum Gasteiger partial charge on any atom is -0.460 e. The zero-order valence-electron chi connectivity index (χ0n) is 13.0. The summed E-state index contributed by atoms with van der Waals surface area (Å²) in [5.74, 6) is -2.43. The molecule has 1 aromatic rings. The average Bonchev–Trinajstić information content (AvgIpc) is 3.02. The molecule has 2 atom stereocenters. The topological polar surface area (TPSA) is 26.3 Å². The number of hydrogen-bond acceptors (Lipinski definition) is 2. The average molecular weight is 507 g/mol. The molecule has 0 aliphatic heterocycles. The number of benzene rings is 1. The van der Waals surface area contributed by atoms with Crippen LogP contribution >= 0.6 is 55.1 Å². The quantitative estimate of drug-likeness (QED) is 0.347. The SMILES string of the molecule is Cc1c(F)c(Br)c(COC(=O)[C@@H]2[C@@H](C=C(Cl)Cl)C2(C)C)c(Br)c1F. The van der Waals surface area contributed by atoms with Gasteiger partial charge in [0.25, 0.3) is 0 Å². The molecule has 24 heavy (non-hydrogen) atoms. The van der Waals surface area contributed by atoms with Crippen LogP contribution in [0.1, 0.15) is 25.0 Å². The molecule has 0 heterocycles. The molecule has 132 valence electrons. The molecule has 2 rings (SSSR count). The van der Waals surface area contributed by atoms with E-state index in [1.165, 1.54) is 6.92 Å². The lowest BCUT2D eigenvalue weighted by Crippen LogP contribution is -2.12. The van der Waals surface area contributed by atoms with Gasteiger partial charge in [0, 0.05) is 11.1 Å². The number of hydrogen-bond donors (Lipinski definition) is 0. The molecule has 1 saturated carbocycles. The van der Waals surface area contributed by atoms with Gasteiger partial charge >= 0.3 is 5.97 Å². The molecule has 2 nitrogen and oxygen atoms in total. The van der Waals surface area contributed by atoms with E-state index in [-0.39, 0.29) is 42.5 Å². The Balaban J connectivity index is 2.16. The van der Waals surface area contributed by atoms with Crippen molar-refractivity contribution in [2.24, 2.45) is 17.3 Å². The highest BCUT2D eigenvalue weighted by Crippen LogP contribution is 2.60. The van der Waals surface area contributed by atoms with E-state index in [2.05, 4.69) is 31.9 Å². The highest BCUT2D eigenvalue weighted by Gasteiger charge is 2.61. The number of esters is 1. The molecule has 0 spiro atoms. The molecule has 0 bridgehead atoms. The third kappa shape index (κ3) is 3.67. The van der Waals surface area contributed by atoms with Crippen LogP contribution in [0.3, 0.4) is 0 Å². The number of carbonyl (C=O) groups excluding carboxylic acids is 1. The molecule has 1 fully saturated rings. The number of ether oxygens (including phenoxy) is 1. The van der Waals surface area contributed by atoms with Crippen LogP contribution in [0.4, 0.5) is 8.78 Å². The zero-order chi connectivity index (χ0) is 18.4. The normalized spacial score (nSPS) is 21.4. The highest BCUT2D eigenvalue weighted by atomic mass is 79.9. The third-order valence-corrected chi connectivity index (χ3v) is 6.31. The second-order valence-electron chi connectivity index (χ2n) is 6.25. The maximum Gasteiger partial charge on any atom is 0.310 e. The van der Waals surface area contributed by atoms with Crippen molar-refractivity contribution in [2.45, 2.75) is 27.4 Å². The number of carbonyl (C=O) groups is 1. The van der Waals surface area contributed by atoms with Crippen molar-refractivity contribution in [3.05, 3.63) is 42.3 Å². The van der Waals surface area contributed by atoms with Gasteiger partial charge in [-0.05, 0) is 56.2 Å². The molecule has 1 aliphatic carbocycles. The van der Waals surface area contributed by atoms with E-state index in [1.807, 2.05) is 13.8 Å². The monoisotopic (exact) mass is 504 g/mol. The smallest absolute Gasteiger partial charge is 0.310 e. The maximum atomic E-state index is 14.0. The lowest BCUT2D eigenvalue weighted by atomic mass is 10.1. The van der Waals surface area contributed by atoms with Gasteiger partial charge < -0.3 is 4.74 Å². The van der Waals surface area contributed by atoms with Crippen molar-refractivity contribution in [3.8, 4) is 0 Å². The summed E-state index contributed by atoms with van der Waals surface area (Å²) in [5.41, 5.74) is -0.247. The van der Waals surface area contributed by atoms with Gasteiger partial charge in [-0.25, -0.2) is 8.78 Å². The Bertz CT molecular complexity index is 702. The Morgan fingerprint density at radius 1 is 1.25 bits per heavy atom. The highest BCUT2D eigenvalue weighted by molar-refractivity contribution is 9.11. The summed E-state index contributed by atoms with van der Waals surface area (Å²) in [6.45, 7) is 4.86. The van der Waals surface area contributed by atoms with Gasteiger partial charge in [0.1, 0.15) is 22.7 Å². The molecular weight excluding hydrogens is 493 g/mol. The summed E-state index contributed by atoms with van der Waals surface area (Å²) in [7, 11) is 0. The first kappa shape index (κ1) is 20.1. The van der Waals surface area contributed by atoms with Crippen LogP contribution in [0.25, 0.3) is 0 Å². The van der Waals surface area contributed by atoms with Crippen LogP contribution < -0.4 is 0 Å². The Morgan fingerprint density at radius 2 is 1.75 bits per heavy atom. The van der Waals surface area contributed by atoms with Crippen molar-refractivity contribution in [2.75, 3.05) is 0 Å². The second kappa shape index (κ2) is 7.22. The number of allylic oxidation sites excluding steroid dienone is 1. The van der Waals surface area contributed by atoms with E-state index >= 15 is 0 Å². The van der Waals surface area contributed by atoms with Gasteiger partial charge in [-0.1, -0.05) is 37.0 Å². The third-order valence-electron chi connectivity index (χ3n) is 4.40. The maximum absolute atomic E-state index is 14.0. The van der Waals surface area contributed by atoms with E-state index < -0.39 is 23.5 Å². The molecule has 1 aliphatic rings. The Kier molecular flexibility index (Phi) is 6.06. The van der Waals surface area contributed by atoms with Crippen molar-refractivity contribution in [1.29, 1.82) is 0 Å². The van der Waals surface area contributed by atoms with Crippen molar-refractivity contribution < 1.29 is 18.3 Å². The summed E-state index contributed by atoms with van der Waals surface area (Å²) in [4.78, 5) is 12.3. The molecule has 0 radical (unpaired) electrons. The van der Waals surface area contributed by atoms with Gasteiger partial charge in [-0.15, -0.1) is 0 Å². The Morgan fingerprint density at radius 3 is 2.21 bits per heavy atom. The summed E-state index contributed by atoms with van der Waals surface area (Å²) in [5, 5.41) is 0. The van der Waals surface area contributed by atoms with Crippen LogP contribution in [0.15, 0.2) is 19.5 Å². The summed E-state index contributed by atoms with van der Waals surface area (Å²) < 4.78 is 33.4. The number of rotatable bonds is 4. The predicted molar refractivity (Wildman–Crippen MR) is 96.8 cm³/mol. The van der Waals surface area contributed by atoms with Crippen LogP contribution in [0.2, 0.25) is 0 Å². The molecule has 0 unspecified atom stereocenters. The van der Waals surface area contributed by atoms with Crippen LogP contribution in [-0.2, 0) is 16.1 Å². The summed E-state index contributed by atoms with van der Waals surface area (Å²) >= 11 is 17.5. The van der Waals surface area contributed by atoms with E-state index in [4.69, 9.17) is 27.9 Å². The number of halogens is 6. The lowest BCUT2D eigenvalue weighted by molar-refractivity contribution is -0.147. The second-order valence-corrected chi connectivity index (χ2v) is 8.84. The van der Waals surface area contributed by atoms with Gasteiger partial charge in [0.2, 0.25) is 0 Å². The van der Waals surface area contributed by atoms with Crippen molar-refractivity contribution in [1.82, 2.24) is 0 Å². The largest absolute Gasteiger partial charge is 0.460 e. The fraction of sp³-hybridized carbons (Fsp3) is 0.438. The molecule has 0 saturated heterocycles. The Hall–Kier alpha value is -0.170. The van der Waals surface area contributed by atoms with Gasteiger partial charge in [0.15, 0.2) is 0 Å². The first-order valence-corrected chi connectivity index (χ1v) is 9.35. The molecule has 8 heteroatoms. The van der Waals surface area contributed by atoms with Gasteiger partial charge in [-0.2, -0.15) is 0 Å². The lowest BCUT2D eigenvalue weighted by Gasteiger charge is -2.13. The molecule has 0 aromatic heterocycles. The minimum atomic E-state index is -0.719. The Labute approximate surface area is 165 Å². The summed E-state index contributed by atoms with van der Waals surface area (Å²) in [6.07, 6.45) is 1.60. The van der Waals surface area contributed by atoms with E-state index in [9.17, 15) is 13.6 Å². The fourth-order valence-corrected chi connectivity index (χ4v) is 4.48. The van der Waals surface area contributed by atoms with Crippen LogP contribution in [-0.4, -0.2) is 5.97 Å². The molecule has 1 aromatic carbocycles. The predicted octanol–water partition coefficient (Wildman–Crippen LogP) is 6.43. The van der Waals surface area contributed by atoms with Gasteiger partial charge in [-0.3, -0.25) is 4.79 Å². The van der Waals surface area contributed by atoms with Crippen LogP contribution in [0.5, 0.6) is 0 Å². The minimum absolute atomic E-state index is 0.0661.